The van der Waals surface area contributed by atoms with E-state index < -0.39 is 5.82 Å². The first kappa shape index (κ1) is 9.48. The van der Waals surface area contributed by atoms with Gasteiger partial charge in [-0.3, -0.25) is 0 Å². The molecule has 12 heavy (non-hydrogen) atoms. The molecular weight excluding hydrogens is 225 g/mol. The summed E-state index contributed by atoms with van der Waals surface area (Å²) in [4.78, 5) is 0. The molecule has 0 saturated heterocycles. The van der Waals surface area contributed by atoms with E-state index in [2.05, 4.69) is 21.2 Å². The summed E-state index contributed by atoms with van der Waals surface area (Å²) < 4.78 is 13.3. The molecule has 2 nitrogen and oxygen atoms in total. The topological polar surface area (TPSA) is 32.3 Å². The van der Waals surface area contributed by atoms with Crippen LogP contribution in [0.15, 0.2) is 16.6 Å². The molecule has 0 heterocycles. The van der Waals surface area contributed by atoms with Crippen LogP contribution in [0.4, 0.5) is 4.39 Å². The molecule has 0 aliphatic rings. The van der Waals surface area contributed by atoms with E-state index in [0.717, 1.165) is 0 Å². The lowest BCUT2D eigenvalue weighted by atomic mass is 10.2. The summed E-state index contributed by atoms with van der Waals surface area (Å²) in [6.45, 7) is 0.449. The van der Waals surface area contributed by atoms with Gasteiger partial charge in [0.15, 0.2) is 0 Å². The summed E-state index contributed by atoms with van der Waals surface area (Å²) in [5, 5.41) is 11.9. The Labute approximate surface area is 78.5 Å². The van der Waals surface area contributed by atoms with Gasteiger partial charge in [0.25, 0.3) is 0 Å². The minimum atomic E-state index is -0.413. The molecule has 0 bridgehead atoms. The zero-order valence-electron chi connectivity index (χ0n) is 6.56. The highest BCUT2D eigenvalue weighted by Crippen LogP contribution is 2.28. The molecule has 0 atom stereocenters. The minimum absolute atomic E-state index is 0.0765. The number of phenolic OH excluding ortho intramolecular Hbond substituents is 1. The lowest BCUT2D eigenvalue weighted by molar-refractivity contribution is 0.462. The van der Waals surface area contributed by atoms with E-state index in [-0.39, 0.29) is 10.2 Å². The van der Waals surface area contributed by atoms with Crippen LogP contribution in [0.1, 0.15) is 5.56 Å². The first-order valence-corrected chi connectivity index (χ1v) is 4.26. The normalized spacial score (nSPS) is 10.2. The van der Waals surface area contributed by atoms with Gasteiger partial charge in [-0.05, 0) is 29.0 Å². The fraction of sp³-hybridized carbons (Fsp3) is 0.250. The molecule has 0 radical (unpaired) electrons. The third kappa shape index (κ3) is 1.76. The Morgan fingerprint density at radius 3 is 2.83 bits per heavy atom. The zero-order chi connectivity index (χ0) is 9.14. The molecule has 2 N–H and O–H groups in total. The molecule has 0 spiro atoms. The summed E-state index contributed by atoms with van der Waals surface area (Å²) in [6, 6.07) is 3.01. The summed E-state index contributed by atoms with van der Waals surface area (Å²) in [6.07, 6.45) is 0. The van der Waals surface area contributed by atoms with Crippen LogP contribution in [0.25, 0.3) is 0 Å². The van der Waals surface area contributed by atoms with Gasteiger partial charge in [-0.2, -0.15) is 0 Å². The van der Waals surface area contributed by atoms with E-state index in [1.807, 2.05) is 0 Å². The highest BCUT2D eigenvalue weighted by Gasteiger charge is 2.08. The van der Waals surface area contributed by atoms with Crippen molar-refractivity contribution < 1.29 is 9.50 Å². The van der Waals surface area contributed by atoms with Gasteiger partial charge in [-0.15, -0.1) is 0 Å². The average Bonchev–Trinajstić information content (AvgIpc) is 2.07. The predicted molar refractivity (Wildman–Crippen MR) is 48.5 cm³/mol. The van der Waals surface area contributed by atoms with Crippen LogP contribution < -0.4 is 5.32 Å². The number of hydrogen-bond acceptors (Lipinski definition) is 2. The Kier molecular flexibility index (Phi) is 3.05. The molecule has 1 aromatic rings. The Balaban J connectivity index is 3.08. The molecular formula is C8H9BrFNO. The third-order valence-electron chi connectivity index (χ3n) is 1.51. The Hall–Kier alpha value is -0.610. The minimum Gasteiger partial charge on any atom is -0.507 e. The molecule has 66 valence electrons. The van der Waals surface area contributed by atoms with E-state index in [1.54, 1.807) is 13.1 Å². The second-order valence-corrected chi connectivity index (χ2v) is 3.20. The summed E-state index contributed by atoms with van der Waals surface area (Å²) >= 11 is 2.95. The van der Waals surface area contributed by atoms with E-state index >= 15 is 0 Å². The standard InChI is InChI=1S/C8H9BrFNO/c1-11-4-5-2-3-6(12)7(9)8(5)10/h2-3,11-12H,4H2,1H3. The second kappa shape index (κ2) is 3.87. The number of hydrogen-bond donors (Lipinski definition) is 2. The number of phenols is 1. The summed E-state index contributed by atoms with van der Waals surface area (Å²) in [7, 11) is 1.74. The highest BCUT2D eigenvalue weighted by molar-refractivity contribution is 9.10. The van der Waals surface area contributed by atoms with Crippen molar-refractivity contribution in [3.8, 4) is 5.75 Å². The lowest BCUT2D eigenvalue weighted by Gasteiger charge is -2.04. The molecule has 1 aromatic carbocycles. The van der Waals surface area contributed by atoms with Crippen molar-refractivity contribution in [2.45, 2.75) is 6.54 Å². The average molecular weight is 234 g/mol. The maximum absolute atomic E-state index is 13.2. The van der Waals surface area contributed by atoms with Gasteiger partial charge >= 0.3 is 0 Å². The van der Waals surface area contributed by atoms with E-state index in [1.165, 1.54) is 6.07 Å². The van der Waals surface area contributed by atoms with Crippen molar-refractivity contribution in [1.29, 1.82) is 0 Å². The molecule has 0 fully saturated rings. The summed E-state index contributed by atoms with van der Waals surface area (Å²) in [5.74, 6) is -0.489. The van der Waals surface area contributed by atoms with Crippen LogP contribution in [-0.2, 0) is 6.54 Å². The molecule has 0 unspecified atom stereocenters. The SMILES string of the molecule is CNCc1ccc(O)c(Br)c1F. The van der Waals surface area contributed by atoms with Gasteiger partial charge in [0.1, 0.15) is 11.6 Å². The molecule has 1 rings (SSSR count). The molecule has 0 saturated carbocycles. The fourth-order valence-electron chi connectivity index (χ4n) is 0.906. The van der Waals surface area contributed by atoms with Crippen molar-refractivity contribution in [2.75, 3.05) is 7.05 Å². The first-order valence-electron chi connectivity index (χ1n) is 3.47. The number of halogens is 2. The third-order valence-corrected chi connectivity index (χ3v) is 2.26. The van der Waals surface area contributed by atoms with Crippen molar-refractivity contribution >= 4 is 15.9 Å². The molecule has 0 aliphatic heterocycles. The van der Waals surface area contributed by atoms with Crippen molar-refractivity contribution in [3.63, 3.8) is 0 Å². The highest BCUT2D eigenvalue weighted by atomic mass is 79.9. The smallest absolute Gasteiger partial charge is 0.145 e. The van der Waals surface area contributed by atoms with Crippen LogP contribution >= 0.6 is 15.9 Å². The van der Waals surface area contributed by atoms with Crippen molar-refractivity contribution in [2.24, 2.45) is 0 Å². The monoisotopic (exact) mass is 233 g/mol. The number of aromatic hydroxyl groups is 1. The zero-order valence-corrected chi connectivity index (χ0v) is 8.15. The van der Waals surface area contributed by atoms with E-state index in [4.69, 9.17) is 5.11 Å². The number of benzene rings is 1. The molecule has 0 aromatic heterocycles. The van der Waals surface area contributed by atoms with Crippen LogP contribution in [0.3, 0.4) is 0 Å². The van der Waals surface area contributed by atoms with Gasteiger partial charge in [0.2, 0.25) is 0 Å². The summed E-state index contributed by atoms with van der Waals surface area (Å²) in [5.41, 5.74) is 0.530. The maximum Gasteiger partial charge on any atom is 0.145 e. The lowest BCUT2D eigenvalue weighted by Crippen LogP contribution is -2.07. The van der Waals surface area contributed by atoms with Crippen LogP contribution in [0.2, 0.25) is 0 Å². The fourth-order valence-corrected chi connectivity index (χ4v) is 1.29. The van der Waals surface area contributed by atoms with Gasteiger partial charge in [0.05, 0.1) is 4.47 Å². The molecule has 0 aliphatic carbocycles. The Morgan fingerprint density at radius 1 is 1.58 bits per heavy atom. The first-order chi connectivity index (χ1) is 5.66. The van der Waals surface area contributed by atoms with Gasteiger partial charge in [0, 0.05) is 12.1 Å². The van der Waals surface area contributed by atoms with Crippen molar-refractivity contribution in [3.05, 3.63) is 28.0 Å². The Bertz CT molecular complexity index is 291. The van der Waals surface area contributed by atoms with Gasteiger partial charge in [-0.1, -0.05) is 6.07 Å². The van der Waals surface area contributed by atoms with Crippen LogP contribution in [-0.4, -0.2) is 12.2 Å². The molecule has 4 heteroatoms. The maximum atomic E-state index is 13.2. The largest absolute Gasteiger partial charge is 0.507 e. The second-order valence-electron chi connectivity index (χ2n) is 2.40. The number of nitrogens with one attached hydrogen (secondary N) is 1. The quantitative estimate of drug-likeness (QED) is 0.820. The van der Waals surface area contributed by atoms with Gasteiger partial charge < -0.3 is 10.4 Å². The van der Waals surface area contributed by atoms with E-state index in [0.29, 0.717) is 12.1 Å². The van der Waals surface area contributed by atoms with Crippen LogP contribution in [0.5, 0.6) is 5.75 Å². The van der Waals surface area contributed by atoms with E-state index in [9.17, 15) is 4.39 Å². The molecule has 0 amide bonds. The predicted octanol–water partition coefficient (Wildman–Crippen LogP) is 2.01. The van der Waals surface area contributed by atoms with Crippen molar-refractivity contribution in [1.82, 2.24) is 5.32 Å². The number of rotatable bonds is 2. The Morgan fingerprint density at radius 2 is 2.25 bits per heavy atom. The van der Waals surface area contributed by atoms with Crippen LogP contribution in [0, 0.1) is 5.82 Å². The van der Waals surface area contributed by atoms with Gasteiger partial charge in [-0.25, -0.2) is 4.39 Å².